The van der Waals surface area contributed by atoms with E-state index < -0.39 is 0 Å². The van der Waals surface area contributed by atoms with Crippen LogP contribution in [0.2, 0.25) is 5.15 Å². The van der Waals surface area contributed by atoms with Gasteiger partial charge in [-0.3, -0.25) is 4.79 Å². The van der Waals surface area contributed by atoms with E-state index in [1.54, 1.807) is 30.3 Å². The van der Waals surface area contributed by atoms with Gasteiger partial charge in [0.1, 0.15) is 5.15 Å². The Morgan fingerprint density at radius 1 is 1.28 bits per heavy atom. The van der Waals surface area contributed by atoms with Gasteiger partial charge in [0.15, 0.2) is 0 Å². The molecule has 1 amide bonds. The summed E-state index contributed by atoms with van der Waals surface area (Å²) in [5.74, 6) is -0.254. The Bertz CT molecular complexity index is 555. The van der Waals surface area contributed by atoms with E-state index in [4.69, 9.17) is 16.7 Å². The van der Waals surface area contributed by atoms with Gasteiger partial charge < -0.3 is 10.4 Å². The maximum absolute atomic E-state index is 11.9. The van der Waals surface area contributed by atoms with Gasteiger partial charge in [-0.15, -0.1) is 0 Å². The Morgan fingerprint density at radius 3 is 2.61 bits per heavy atom. The number of pyridine rings is 1. The van der Waals surface area contributed by atoms with E-state index in [-0.39, 0.29) is 17.7 Å². The number of rotatable bonds is 3. The lowest BCUT2D eigenvalue weighted by Crippen LogP contribution is -2.11. The highest BCUT2D eigenvalue weighted by Gasteiger charge is 2.06. The highest BCUT2D eigenvalue weighted by molar-refractivity contribution is 6.29. The average Bonchev–Trinajstić information content (AvgIpc) is 2.39. The summed E-state index contributed by atoms with van der Waals surface area (Å²) < 4.78 is 0. The highest BCUT2D eigenvalue weighted by atomic mass is 35.5. The summed E-state index contributed by atoms with van der Waals surface area (Å²) in [6.07, 6.45) is 1.48. The molecule has 4 nitrogen and oxygen atoms in total. The molecule has 0 unspecified atom stereocenters. The number of carbonyl (C=O) groups is 1. The molecule has 92 valence electrons. The Labute approximate surface area is 109 Å². The van der Waals surface area contributed by atoms with Crippen molar-refractivity contribution in [2.45, 2.75) is 6.61 Å². The number of aliphatic hydroxyl groups excluding tert-OH is 1. The van der Waals surface area contributed by atoms with Crippen molar-refractivity contribution in [1.29, 1.82) is 0 Å². The summed E-state index contributed by atoms with van der Waals surface area (Å²) in [7, 11) is 0. The monoisotopic (exact) mass is 262 g/mol. The van der Waals surface area contributed by atoms with Crippen LogP contribution < -0.4 is 5.32 Å². The normalized spacial score (nSPS) is 10.1. The van der Waals surface area contributed by atoms with Crippen molar-refractivity contribution in [3.63, 3.8) is 0 Å². The van der Waals surface area contributed by atoms with Crippen LogP contribution >= 0.6 is 11.6 Å². The lowest BCUT2D eigenvalue weighted by Gasteiger charge is -2.06. The number of halogens is 1. The second-order valence-corrected chi connectivity index (χ2v) is 4.06. The highest BCUT2D eigenvalue weighted by Crippen LogP contribution is 2.13. The van der Waals surface area contributed by atoms with E-state index in [1.165, 1.54) is 12.3 Å². The number of hydrogen-bond donors (Lipinski definition) is 2. The second-order valence-electron chi connectivity index (χ2n) is 3.68. The van der Waals surface area contributed by atoms with Crippen LogP contribution in [0.5, 0.6) is 0 Å². The van der Waals surface area contributed by atoms with Gasteiger partial charge in [-0.2, -0.15) is 0 Å². The summed E-state index contributed by atoms with van der Waals surface area (Å²) >= 11 is 5.71. The van der Waals surface area contributed by atoms with Crippen molar-refractivity contribution in [3.05, 3.63) is 58.9 Å². The first-order chi connectivity index (χ1) is 8.69. The van der Waals surface area contributed by atoms with Crippen LogP contribution in [0.3, 0.4) is 0 Å². The van der Waals surface area contributed by atoms with Gasteiger partial charge in [0.25, 0.3) is 5.91 Å². The van der Waals surface area contributed by atoms with Crippen molar-refractivity contribution < 1.29 is 9.90 Å². The SMILES string of the molecule is O=C(Nc1ccc(CO)cc1)c1ccnc(Cl)c1. The lowest BCUT2D eigenvalue weighted by atomic mass is 10.2. The first-order valence-corrected chi connectivity index (χ1v) is 5.69. The summed E-state index contributed by atoms with van der Waals surface area (Å²) in [4.78, 5) is 15.7. The van der Waals surface area contributed by atoms with Crippen LogP contribution in [0.25, 0.3) is 0 Å². The molecular weight excluding hydrogens is 252 g/mol. The third-order valence-corrected chi connectivity index (χ3v) is 2.59. The average molecular weight is 263 g/mol. The molecule has 0 aliphatic rings. The first kappa shape index (κ1) is 12.5. The van der Waals surface area contributed by atoms with Gasteiger partial charge in [0.05, 0.1) is 6.61 Å². The number of nitrogens with one attached hydrogen (secondary N) is 1. The van der Waals surface area contributed by atoms with Gasteiger partial charge in [0, 0.05) is 17.4 Å². The molecule has 0 radical (unpaired) electrons. The molecule has 2 aromatic rings. The number of amides is 1. The predicted molar refractivity (Wildman–Crippen MR) is 69.6 cm³/mol. The number of aromatic nitrogens is 1. The summed E-state index contributed by atoms with van der Waals surface area (Å²) in [5.41, 5.74) is 1.89. The van der Waals surface area contributed by atoms with Crippen LogP contribution in [-0.4, -0.2) is 16.0 Å². The molecule has 0 bridgehead atoms. The predicted octanol–water partition coefficient (Wildman–Crippen LogP) is 2.48. The molecule has 1 aromatic heterocycles. The smallest absolute Gasteiger partial charge is 0.255 e. The fourth-order valence-electron chi connectivity index (χ4n) is 1.44. The molecule has 0 saturated carbocycles. The van der Waals surface area contributed by atoms with E-state index in [9.17, 15) is 4.79 Å². The second kappa shape index (κ2) is 5.62. The van der Waals surface area contributed by atoms with E-state index in [2.05, 4.69) is 10.3 Å². The van der Waals surface area contributed by atoms with Gasteiger partial charge in [-0.1, -0.05) is 23.7 Å². The van der Waals surface area contributed by atoms with Crippen molar-refractivity contribution in [2.75, 3.05) is 5.32 Å². The summed E-state index contributed by atoms with van der Waals surface area (Å²) in [6, 6.07) is 10.0. The minimum atomic E-state index is -0.254. The molecule has 1 heterocycles. The number of aliphatic hydroxyl groups is 1. The van der Waals surface area contributed by atoms with E-state index in [0.29, 0.717) is 11.3 Å². The third-order valence-electron chi connectivity index (χ3n) is 2.38. The number of hydrogen-bond acceptors (Lipinski definition) is 3. The molecule has 18 heavy (non-hydrogen) atoms. The molecule has 0 atom stereocenters. The van der Waals surface area contributed by atoms with Crippen molar-refractivity contribution in [2.24, 2.45) is 0 Å². The van der Waals surface area contributed by atoms with Gasteiger partial charge in [-0.25, -0.2) is 4.98 Å². The summed E-state index contributed by atoms with van der Waals surface area (Å²) in [5, 5.41) is 11.9. The van der Waals surface area contributed by atoms with Crippen LogP contribution in [0.15, 0.2) is 42.6 Å². The Hall–Kier alpha value is -1.91. The molecule has 0 aliphatic heterocycles. The van der Waals surface area contributed by atoms with Crippen molar-refractivity contribution in [1.82, 2.24) is 4.98 Å². The fourth-order valence-corrected chi connectivity index (χ4v) is 1.61. The van der Waals surface area contributed by atoms with Crippen LogP contribution in [0, 0.1) is 0 Å². The van der Waals surface area contributed by atoms with Gasteiger partial charge >= 0.3 is 0 Å². The molecule has 0 fully saturated rings. The van der Waals surface area contributed by atoms with Crippen LogP contribution in [0.4, 0.5) is 5.69 Å². The number of nitrogens with zero attached hydrogens (tertiary/aromatic N) is 1. The zero-order valence-electron chi connectivity index (χ0n) is 9.43. The maximum atomic E-state index is 11.9. The number of carbonyl (C=O) groups excluding carboxylic acids is 1. The van der Waals surface area contributed by atoms with Gasteiger partial charge in [0.2, 0.25) is 0 Å². The topological polar surface area (TPSA) is 62.2 Å². The van der Waals surface area contributed by atoms with E-state index >= 15 is 0 Å². The standard InChI is InChI=1S/C13H11ClN2O2/c14-12-7-10(5-6-15-12)13(18)16-11-3-1-9(8-17)2-4-11/h1-7,17H,8H2,(H,16,18). The molecule has 0 aliphatic carbocycles. The molecule has 5 heteroatoms. The van der Waals surface area contributed by atoms with Crippen molar-refractivity contribution >= 4 is 23.2 Å². The maximum Gasteiger partial charge on any atom is 0.255 e. The molecule has 2 N–H and O–H groups in total. The Morgan fingerprint density at radius 2 is 2.00 bits per heavy atom. The first-order valence-electron chi connectivity index (χ1n) is 5.32. The largest absolute Gasteiger partial charge is 0.392 e. The molecule has 2 rings (SSSR count). The minimum absolute atomic E-state index is 0.0197. The Kier molecular flexibility index (Phi) is 3.92. The molecule has 1 aromatic carbocycles. The van der Waals surface area contributed by atoms with E-state index in [1.807, 2.05) is 0 Å². The minimum Gasteiger partial charge on any atom is -0.392 e. The fraction of sp³-hybridized carbons (Fsp3) is 0.0769. The summed E-state index contributed by atoms with van der Waals surface area (Å²) in [6.45, 7) is -0.0197. The molecule has 0 saturated heterocycles. The van der Waals surface area contributed by atoms with Gasteiger partial charge in [-0.05, 0) is 29.8 Å². The van der Waals surface area contributed by atoms with Crippen molar-refractivity contribution in [3.8, 4) is 0 Å². The van der Waals surface area contributed by atoms with Crippen LogP contribution in [-0.2, 0) is 6.61 Å². The molecular formula is C13H11ClN2O2. The Balaban J connectivity index is 2.11. The number of benzene rings is 1. The van der Waals surface area contributed by atoms with E-state index in [0.717, 1.165) is 5.56 Å². The quantitative estimate of drug-likeness (QED) is 0.836. The van der Waals surface area contributed by atoms with Crippen LogP contribution in [0.1, 0.15) is 15.9 Å². The number of anilines is 1. The zero-order chi connectivity index (χ0) is 13.0. The lowest BCUT2D eigenvalue weighted by molar-refractivity contribution is 0.102. The third kappa shape index (κ3) is 3.06. The zero-order valence-corrected chi connectivity index (χ0v) is 10.2. The molecule has 0 spiro atoms.